The zero-order valence-electron chi connectivity index (χ0n) is 3.02. The van der Waals surface area contributed by atoms with Crippen LogP contribution in [0.5, 0.6) is 0 Å². The molecule has 0 aliphatic carbocycles. The second kappa shape index (κ2) is 3.24. The van der Waals surface area contributed by atoms with Gasteiger partial charge in [0.2, 0.25) is 0 Å². The van der Waals surface area contributed by atoms with E-state index in [1.807, 2.05) is 0 Å². The molecule has 0 amide bonds. The van der Waals surface area contributed by atoms with E-state index in [4.69, 9.17) is 0 Å². The van der Waals surface area contributed by atoms with Crippen molar-refractivity contribution in [3.63, 3.8) is 0 Å². The van der Waals surface area contributed by atoms with Crippen LogP contribution in [0.1, 0.15) is 0 Å². The Kier molecular flexibility index (Phi) is 3.26. The van der Waals surface area contributed by atoms with Crippen LogP contribution in [0.3, 0.4) is 0 Å². The van der Waals surface area contributed by atoms with Crippen LogP contribution < -0.4 is 0 Å². The Labute approximate surface area is 37.6 Å². The number of alkyl halides is 1. The lowest BCUT2D eigenvalue weighted by atomic mass is 10.9. The van der Waals surface area contributed by atoms with E-state index in [1.165, 1.54) is 0 Å². The Morgan fingerprint density at radius 2 is 2.33 bits per heavy atom. The van der Waals surface area contributed by atoms with Gasteiger partial charge < -0.3 is 4.55 Å². The van der Waals surface area contributed by atoms with E-state index in [-0.39, 0.29) is 5.75 Å². The van der Waals surface area contributed by atoms with Gasteiger partial charge in [0, 0.05) is 5.75 Å². The first-order valence-corrected chi connectivity index (χ1v) is 2.63. The maximum absolute atomic E-state index is 10.9. The summed E-state index contributed by atoms with van der Waals surface area (Å²) in [7, 11) is 0. The molecule has 1 unspecified atom stereocenters. The molecule has 0 bridgehead atoms. The molecule has 0 aromatic heterocycles. The molecule has 0 fully saturated rings. The van der Waals surface area contributed by atoms with Crippen molar-refractivity contribution in [3.8, 4) is 0 Å². The second-order valence-corrected chi connectivity index (χ2v) is 1.71. The molecule has 0 radical (unpaired) electrons. The number of halogens is 1. The molecule has 0 aromatic rings. The molecule has 4 heteroatoms. The molecule has 0 aliphatic heterocycles. The summed E-state index contributed by atoms with van der Waals surface area (Å²) in [6.45, 7) is -0.782. The van der Waals surface area contributed by atoms with Crippen molar-refractivity contribution >= 4 is 11.1 Å². The molecule has 6 heavy (non-hydrogen) atoms. The van der Waals surface area contributed by atoms with Crippen molar-refractivity contribution in [2.24, 2.45) is 0 Å². The highest BCUT2D eigenvalue weighted by atomic mass is 32.2. The second-order valence-electron chi connectivity index (χ2n) is 0.697. The van der Waals surface area contributed by atoms with Gasteiger partial charge in [-0.1, -0.05) is 11.1 Å². The van der Waals surface area contributed by atoms with Crippen molar-refractivity contribution in [1.82, 2.24) is 0 Å². The molecule has 2 nitrogen and oxygen atoms in total. The van der Waals surface area contributed by atoms with Crippen LogP contribution in [0.4, 0.5) is 4.39 Å². The minimum absolute atomic E-state index is 0.375. The van der Waals surface area contributed by atoms with Gasteiger partial charge in [0.15, 0.2) is 0 Å². The fourth-order valence-electron chi connectivity index (χ4n) is 0.0630. The van der Waals surface area contributed by atoms with Gasteiger partial charge in [-0.15, -0.1) is 0 Å². The standard InChI is InChI=1S/C2H5FO2S/c3-1-2-6(4)5/h1-2H2,(H,4,5)/p-1. The SMILES string of the molecule is O=S([O-])CCF. The van der Waals surface area contributed by atoms with E-state index in [2.05, 4.69) is 0 Å². The van der Waals surface area contributed by atoms with Crippen molar-refractivity contribution in [2.75, 3.05) is 12.4 Å². The fraction of sp³-hybridized carbons (Fsp3) is 1.00. The topological polar surface area (TPSA) is 40.1 Å². The van der Waals surface area contributed by atoms with Gasteiger partial charge in [-0.2, -0.15) is 0 Å². The van der Waals surface area contributed by atoms with Crippen molar-refractivity contribution in [3.05, 3.63) is 0 Å². The average Bonchev–Trinajstić information content (AvgIpc) is 1.35. The normalized spacial score (nSPS) is 14.3. The largest absolute Gasteiger partial charge is 0.772 e. The summed E-state index contributed by atoms with van der Waals surface area (Å²) in [5, 5.41) is 0. The van der Waals surface area contributed by atoms with Gasteiger partial charge in [-0.05, 0) is 0 Å². The Hall–Kier alpha value is 0.0400. The Bertz CT molecular complexity index is 55.5. The molecule has 0 heterocycles. The highest BCUT2D eigenvalue weighted by molar-refractivity contribution is 7.79. The lowest BCUT2D eigenvalue weighted by Crippen LogP contribution is -1.95. The third-order valence-corrected chi connectivity index (χ3v) is 0.731. The van der Waals surface area contributed by atoms with Gasteiger partial charge in [0.25, 0.3) is 0 Å². The summed E-state index contributed by atoms with van der Waals surface area (Å²) < 4.78 is 29.6. The molecule has 0 aliphatic rings. The van der Waals surface area contributed by atoms with E-state index in [0.717, 1.165) is 0 Å². The average molecular weight is 111 g/mol. The molecular formula is C2H4FO2S-. The maximum atomic E-state index is 10.9. The fourth-order valence-corrected chi connectivity index (χ4v) is 0.189. The van der Waals surface area contributed by atoms with Gasteiger partial charge in [0.05, 0.1) is 6.67 Å². The molecule has 0 aromatic carbocycles. The van der Waals surface area contributed by atoms with Crippen LogP contribution in [0.2, 0.25) is 0 Å². The summed E-state index contributed by atoms with van der Waals surface area (Å²) in [6.07, 6.45) is 0. The van der Waals surface area contributed by atoms with Crippen LogP contribution >= 0.6 is 0 Å². The number of rotatable bonds is 2. The van der Waals surface area contributed by atoms with E-state index in [0.29, 0.717) is 0 Å². The Balaban J connectivity index is 2.83. The monoisotopic (exact) mass is 111 g/mol. The van der Waals surface area contributed by atoms with Gasteiger partial charge in [0.1, 0.15) is 0 Å². The molecule has 0 spiro atoms. The Morgan fingerprint density at radius 3 is 2.33 bits per heavy atom. The number of hydrogen-bond donors (Lipinski definition) is 0. The zero-order chi connectivity index (χ0) is 4.99. The number of hydrogen-bond acceptors (Lipinski definition) is 2. The summed E-state index contributed by atoms with van der Waals surface area (Å²) >= 11 is -2.19. The van der Waals surface area contributed by atoms with E-state index in [9.17, 15) is 13.2 Å². The molecule has 0 N–H and O–H groups in total. The summed E-state index contributed by atoms with van der Waals surface area (Å²) in [4.78, 5) is 0. The van der Waals surface area contributed by atoms with Crippen molar-refractivity contribution in [1.29, 1.82) is 0 Å². The van der Waals surface area contributed by atoms with Crippen molar-refractivity contribution < 1.29 is 13.2 Å². The first-order chi connectivity index (χ1) is 2.77. The molecule has 0 saturated heterocycles. The highest BCUT2D eigenvalue weighted by Crippen LogP contribution is 1.71. The van der Waals surface area contributed by atoms with E-state index >= 15 is 0 Å². The van der Waals surface area contributed by atoms with Gasteiger partial charge in [-0.3, -0.25) is 8.60 Å². The molecule has 0 rings (SSSR count). The van der Waals surface area contributed by atoms with Crippen LogP contribution in [0.15, 0.2) is 0 Å². The van der Waals surface area contributed by atoms with Crippen molar-refractivity contribution in [2.45, 2.75) is 0 Å². The van der Waals surface area contributed by atoms with E-state index in [1.54, 1.807) is 0 Å². The Morgan fingerprint density at radius 1 is 1.83 bits per heavy atom. The van der Waals surface area contributed by atoms with Crippen LogP contribution in [0, 0.1) is 0 Å². The third-order valence-electron chi connectivity index (χ3n) is 0.244. The lowest BCUT2D eigenvalue weighted by molar-refractivity contribution is 0.498. The lowest BCUT2D eigenvalue weighted by Gasteiger charge is -1.95. The van der Waals surface area contributed by atoms with Crippen LogP contribution in [0.25, 0.3) is 0 Å². The molecule has 1 atom stereocenters. The maximum Gasteiger partial charge on any atom is 0.0998 e. The smallest absolute Gasteiger partial charge is 0.0998 e. The van der Waals surface area contributed by atoms with Gasteiger partial charge >= 0.3 is 0 Å². The predicted octanol–water partition coefficient (Wildman–Crippen LogP) is -0.165. The van der Waals surface area contributed by atoms with Crippen LogP contribution in [-0.2, 0) is 11.1 Å². The van der Waals surface area contributed by atoms with Gasteiger partial charge in [-0.25, -0.2) is 0 Å². The first-order valence-electron chi connectivity index (χ1n) is 1.39. The molecular weight excluding hydrogens is 107 g/mol. The minimum atomic E-state index is -2.19. The zero-order valence-corrected chi connectivity index (χ0v) is 3.83. The van der Waals surface area contributed by atoms with E-state index < -0.39 is 17.8 Å². The highest BCUT2D eigenvalue weighted by Gasteiger charge is 1.76. The summed E-state index contributed by atoms with van der Waals surface area (Å²) in [5.41, 5.74) is 0. The third kappa shape index (κ3) is 4.04. The van der Waals surface area contributed by atoms with Crippen LogP contribution in [-0.4, -0.2) is 21.2 Å². The predicted molar refractivity (Wildman–Crippen MR) is 19.8 cm³/mol. The molecule has 0 saturated carbocycles. The minimum Gasteiger partial charge on any atom is -0.772 e. The summed E-state index contributed by atoms with van der Waals surface area (Å²) in [5.74, 6) is -0.375. The first kappa shape index (κ1) is 6.04. The quantitative estimate of drug-likeness (QED) is 0.464. The molecule has 38 valence electrons. The summed E-state index contributed by atoms with van der Waals surface area (Å²) in [6, 6.07) is 0.